The number of ether oxygens (including phenoxy) is 2. The van der Waals surface area contributed by atoms with Crippen molar-refractivity contribution in [3.8, 4) is 0 Å². The monoisotopic (exact) mass is 928 g/mol. The van der Waals surface area contributed by atoms with Crippen LogP contribution < -0.4 is 0 Å². The Hall–Kier alpha value is -3.09. The molecule has 0 heterocycles. The van der Waals surface area contributed by atoms with Crippen LogP contribution in [-0.2, 0) is 32.7 Å². The number of phosphoric ester groups is 1. The fraction of sp³-hybridized carbons (Fsp3) is 0.660. The molecule has 1 aliphatic carbocycles. The third-order valence-electron chi connectivity index (χ3n) is 10.1. The van der Waals surface area contributed by atoms with Gasteiger partial charge in [-0.2, -0.15) is 0 Å². The average Bonchev–Trinajstić information content (AvgIpc) is 3.26. The molecule has 3 unspecified atom stereocenters. The SMILES string of the molecule is CCCCC/C=C\C/C=C\C/C=C\CCCCC(=O)OC[C@H](COP(=O)(O)OC1[C@H](O)[C@H](O)C(O)[C@H](O)[C@H]1O)OC(=O)CCC[C@H](O)[C@@H](O)/C=C/C=C/C=C\C=C\[C@@H](O)CCCCC. The maximum absolute atomic E-state index is 12.8. The Bertz CT molecular complexity index is 1490. The van der Waals surface area contributed by atoms with Gasteiger partial charge >= 0.3 is 19.8 Å². The van der Waals surface area contributed by atoms with Gasteiger partial charge in [-0.25, -0.2) is 4.57 Å². The summed E-state index contributed by atoms with van der Waals surface area (Å²) in [6.45, 7) is 2.82. The number of unbranched alkanes of at least 4 members (excludes halogenated alkanes) is 7. The van der Waals surface area contributed by atoms with E-state index in [1.54, 1.807) is 42.5 Å². The van der Waals surface area contributed by atoms with Crippen LogP contribution in [0.15, 0.2) is 85.1 Å². The maximum Gasteiger partial charge on any atom is 0.472 e. The van der Waals surface area contributed by atoms with E-state index in [0.29, 0.717) is 19.3 Å². The van der Waals surface area contributed by atoms with Gasteiger partial charge in [0.25, 0.3) is 0 Å². The minimum absolute atomic E-state index is 0.00732. The summed E-state index contributed by atoms with van der Waals surface area (Å²) in [6.07, 6.45) is 21.2. The second-order valence-electron chi connectivity index (χ2n) is 15.8. The maximum atomic E-state index is 12.8. The molecule has 1 rings (SSSR count). The zero-order chi connectivity index (χ0) is 47.6. The lowest BCUT2D eigenvalue weighted by molar-refractivity contribution is -0.220. The van der Waals surface area contributed by atoms with Crippen molar-refractivity contribution in [2.45, 2.75) is 184 Å². The molecule has 0 amide bonds. The van der Waals surface area contributed by atoms with Crippen molar-refractivity contribution in [1.82, 2.24) is 0 Å². The van der Waals surface area contributed by atoms with Gasteiger partial charge < -0.3 is 55.2 Å². The summed E-state index contributed by atoms with van der Waals surface area (Å²) < 4.78 is 33.2. The van der Waals surface area contributed by atoms with Crippen molar-refractivity contribution in [2.75, 3.05) is 13.2 Å². The minimum atomic E-state index is -5.23. The molecule has 0 aliphatic heterocycles. The molecular weight excluding hydrogens is 851 g/mol. The smallest absolute Gasteiger partial charge is 0.462 e. The zero-order valence-corrected chi connectivity index (χ0v) is 38.5. The van der Waals surface area contributed by atoms with Crippen LogP contribution >= 0.6 is 7.82 Å². The van der Waals surface area contributed by atoms with E-state index in [1.165, 1.54) is 25.3 Å². The lowest BCUT2D eigenvalue weighted by Gasteiger charge is -2.41. The van der Waals surface area contributed by atoms with Crippen molar-refractivity contribution in [1.29, 1.82) is 0 Å². The number of esters is 2. The summed E-state index contributed by atoms with van der Waals surface area (Å²) in [5, 5.41) is 80.7. The van der Waals surface area contributed by atoms with E-state index in [1.807, 2.05) is 6.08 Å². The average molecular weight is 929 g/mol. The summed E-state index contributed by atoms with van der Waals surface area (Å²) in [7, 11) is -5.23. The Morgan fingerprint density at radius 2 is 1.11 bits per heavy atom. The molecule has 11 atom stereocenters. The largest absolute Gasteiger partial charge is 0.472 e. The predicted octanol–water partition coefficient (Wildman–Crippen LogP) is 5.41. The molecule has 16 nitrogen and oxygen atoms in total. The van der Waals surface area contributed by atoms with Crippen molar-refractivity contribution in [3.05, 3.63) is 85.1 Å². The summed E-state index contributed by atoms with van der Waals surface area (Å²) >= 11 is 0. The molecule has 366 valence electrons. The summed E-state index contributed by atoms with van der Waals surface area (Å²) in [5.41, 5.74) is 0. The Morgan fingerprint density at radius 3 is 1.72 bits per heavy atom. The van der Waals surface area contributed by atoms with Gasteiger partial charge in [-0.05, 0) is 64.2 Å². The van der Waals surface area contributed by atoms with Gasteiger partial charge in [0, 0.05) is 12.8 Å². The summed E-state index contributed by atoms with van der Waals surface area (Å²) in [6, 6.07) is 0. The second-order valence-corrected chi connectivity index (χ2v) is 17.2. The number of aliphatic hydroxyl groups is 8. The topological polar surface area (TPSA) is 270 Å². The van der Waals surface area contributed by atoms with Crippen LogP contribution in [0.25, 0.3) is 0 Å². The quantitative estimate of drug-likeness (QED) is 0.0126. The van der Waals surface area contributed by atoms with E-state index >= 15 is 0 Å². The van der Waals surface area contributed by atoms with Crippen LogP contribution in [0.5, 0.6) is 0 Å². The fourth-order valence-electron chi connectivity index (χ4n) is 6.20. The molecule has 0 aromatic heterocycles. The highest BCUT2D eigenvalue weighted by atomic mass is 31.2. The predicted molar refractivity (Wildman–Crippen MR) is 243 cm³/mol. The van der Waals surface area contributed by atoms with E-state index in [4.69, 9.17) is 18.5 Å². The first-order valence-corrected chi connectivity index (χ1v) is 24.2. The van der Waals surface area contributed by atoms with Crippen LogP contribution in [0, 0.1) is 0 Å². The molecule has 1 saturated carbocycles. The molecule has 64 heavy (non-hydrogen) atoms. The normalized spacial score (nSPS) is 23.9. The number of carbonyl (C=O) groups is 2. The van der Waals surface area contributed by atoms with E-state index in [-0.39, 0.29) is 25.7 Å². The standard InChI is InChI=1S/C47H77O16P/c1-3-5-7-8-9-10-11-12-13-14-15-16-17-22-26-32-40(51)60-34-37(35-61-64(58,59)63-47-45(56)43(54)42(53)44(55)46(47)57)62-41(52)33-27-31-39(50)38(49)30-25-21-19-18-20-24-29-36(48)28-23-6-4-2/h9-10,12-13,15-16,18-21,24-25,29-30,36-39,42-50,53-57H,3-8,11,14,17,22-23,26-28,31-35H2,1-2H3,(H,58,59)/b10-9-,13-12-,16-15-,20-18-,21-19+,29-24+,30-25+/t36-,37+,38-,39-,42?,43-,44+,45+,46+,47?/m0/s1. The van der Waals surface area contributed by atoms with Gasteiger partial charge in [0.2, 0.25) is 0 Å². The Kier molecular flexibility index (Phi) is 33.2. The lowest BCUT2D eigenvalue weighted by Crippen LogP contribution is -2.64. The minimum Gasteiger partial charge on any atom is -0.462 e. The van der Waals surface area contributed by atoms with Crippen LogP contribution in [0.4, 0.5) is 0 Å². The molecule has 17 heteroatoms. The highest BCUT2D eigenvalue weighted by Crippen LogP contribution is 2.47. The zero-order valence-electron chi connectivity index (χ0n) is 37.6. The summed E-state index contributed by atoms with van der Waals surface area (Å²) in [4.78, 5) is 35.7. The molecule has 9 N–H and O–H groups in total. The third kappa shape index (κ3) is 28.1. The number of allylic oxidation sites excluding steroid dienone is 12. The van der Waals surface area contributed by atoms with Crippen molar-refractivity contribution < 1.29 is 78.4 Å². The number of aliphatic hydroxyl groups excluding tert-OH is 8. The van der Waals surface area contributed by atoms with Gasteiger partial charge in [0.1, 0.15) is 43.2 Å². The first kappa shape index (κ1) is 58.9. The van der Waals surface area contributed by atoms with Crippen LogP contribution in [0.2, 0.25) is 0 Å². The third-order valence-corrected chi connectivity index (χ3v) is 11.1. The molecule has 0 aromatic carbocycles. The van der Waals surface area contributed by atoms with Gasteiger partial charge in [-0.3, -0.25) is 18.6 Å². The molecule has 0 radical (unpaired) electrons. The summed E-state index contributed by atoms with van der Waals surface area (Å²) in [5.74, 6) is -1.48. The molecule has 0 bridgehead atoms. The molecule has 1 aliphatic rings. The van der Waals surface area contributed by atoms with Gasteiger partial charge in [-0.15, -0.1) is 0 Å². The lowest BCUT2D eigenvalue weighted by atomic mass is 9.85. The first-order valence-electron chi connectivity index (χ1n) is 22.7. The fourth-order valence-corrected chi connectivity index (χ4v) is 7.18. The Balaban J connectivity index is 2.67. The second kappa shape index (κ2) is 36.1. The molecular formula is C47H77O16P. The van der Waals surface area contributed by atoms with E-state index < -0.39 is 94.0 Å². The van der Waals surface area contributed by atoms with E-state index in [0.717, 1.165) is 44.9 Å². The van der Waals surface area contributed by atoms with Crippen molar-refractivity contribution in [3.63, 3.8) is 0 Å². The van der Waals surface area contributed by atoms with Crippen molar-refractivity contribution in [2.24, 2.45) is 0 Å². The van der Waals surface area contributed by atoms with Crippen molar-refractivity contribution >= 4 is 19.8 Å². The van der Waals surface area contributed by atoms with Gasteiger partial charge in [0.05, 0.1) is 24.9 Å². The highest BCUT2D eigenvalue weighted by Gasteiger charge is 2.51. The Morgan fingerprint density at radius 1 is 0.594 bits per heavy atom. The molecule has 0 aromatic rings. The number of hydrogen-bond donors (Lipinski definition) is 9. The van der Waals surface area contributed by atoms with E-state index in [9.17, 15) is 59.9 Å². The van der Waals surface area contributed by atoms with Crippen LogP contribution in [-0.4, -0.2) is 132 Å². The molecule has 1 fully saturated rings. The molecule has 0 spiro atoms. The molecule has 0 saturated heterocycles. The number of rotatable bonds is 35. The van der Waals surface area contributed by atoms with Crippen LogP contribution in [0.3, 0.4) is 0 Å². The van der Waals surface area contributed by atoms with E-state index in [2.05, 4.69) is 44.2 Å². The number of carbonyl (C=O) groups excluding carboxylic acids is 2. The van der Waals surface area contributed by atoms with Crippen LogP contribution in [0.1, 0.15) is 123 Å². The number of hydrogen-bond acceptors (Lipinski definition) is 15. The van der Waals surface area contributed by atoms with Gasteiger partial charge in [-0.1, -0.05) is 131 Å². The highest BCUT2D eigenvalue weighted by molar-refractivity contribution is 7.47. The number of phosphoric acid groups is 1. The first-order chi connectivity index (χ1) is 30.6. The Labute approximate surface area is 379 Å². The van der Waals surface area contributed by atoms with Gasteiger partial charge in [0.15, 0.2) is 6.10 Å².